The lowest BCUT2D eigenvalue weighted by Crippen LogP contribution is -2.05. The summed E-state index contributed by atoms with van der Waals surface area (Å²) < 4.78 is 0. The van der Waals surface area contributed by atoms with E-state index >= 15 is 0 Å². The normalized spacial score (nSPS) is 5.50. The first-order chi connectivity index (χ1) is 2.27. The van der Waals surface area contributed by atoms with Gasteiger partial charge in [0, 0.05) is 0 Å². The zero-order valence-corrected chi connectivity index (χ0v) is 2.75. The van der Waals surface area contributed by atoms with Crippen LogP contribution >= 0.6 is 0 Å². The lowest BCUT2D eigenvalue weighted by molar-refractivity contribution is -0.762. The topological polar surface area (TPSA) is 110 Å². The molecule has 0 aromatic heterocycles. The maximum Gasteiger partial charge on any atom is 0.311 e. The van der Waals surface area contributed by atoms with Gasteiger partial charge >= 0.3 is 5.09 Å². The number of nitrogens with zero attached hydrogens (tertiary/aromatic N) is 1. The fourth-order valence-electron chi connectivity index (χ4n) is 0. The Bertz CT molecular complexity index is 40.8. The van der Waals surface area contributed by atoms with Crippen molar-refractivity contribution < 1.29 is 15.5 Å². The van der Waals surface area contributed by atoms with Crippen LogP contribution in [0.25, 0.3) is 0 Å². The Morgan fingerprint density at radius 1 is 1.83 bits per heavy atom. The highest BCUT2D eigenvalue weighted by molar-refractivity contribution is 3.85. The molecule has 6 nitrogen and oxygen atoms in total. The van der Waals surface area contributed by atoms with E-state index in [0.29, 0.717) is 0 Å². The molecule has 0 aliphatic carbocycles. The summed E-state index contributed by atoms with van der Waals surface area (Å²) >= 11 is 0. The summed E-state index contributed by atoms with van der Waals surface area (Å²) in [6, 6.07) is 0. The summed E-state index contributed by atoms with van der Waals surface area (Å²) in [6.07, 6.45) is 0. The molecule has 0 fully saturated rings. The number of nitrogens with two attached hydrogens (primary N) is 1. The van der Waals surface area contributed by atoms with Crippen LogP contribution in [0.5, 0.6) is 0 Å². The average Bonchev–Trinajstić information content (AvgIpc) is 1.38. The van der Waals surface area contributed by atoms with E-state index in [4.69, 9.17) is 10.1 Å². The lowest BCUT2D eigenvalue weighted by Gasteiger charge is -1.74. The SMILES string of the molecule is NO[N+](=O)[O-].O. The van der Waals surface area contributed by atoms with Gasteiger partial charge in [-0.1, -0.05) is 0 Å². The van der Waals surface area contributed by atoms with Gasteiger partial charge in [-0.15, -0.1) is 10.1 Å². The van der Waals surface area contributed by atoms with Gasteiger partial charge in [-0.2, -0.15) is 5.90 Å². The van der Waals surface area contributed by atoms with Crippen LogP contribution in [0.4, 0.5) is 0 Å². The Morgan fingerprint density at radius 2 is 2.00 bits per heavy atom. The van der Waals surface area contributed by atoms with Crippen molar-refractivity contribution in [3.8, 4) is 0 Å². The molecule has 6 heavy (non-hydrogen) atoms. The van der Waals surface area contributed by atoms with Crippen molar-refractivity contribution in [2.45, 2.75) is 0 Å². The maximum absolute atomic E-state index is 8.83. The Labute approximate surface area is 32.9 Å². The van der Waals surface area contributed by atoms with Crippen LogP contribution in [0, 0.1) is 10.1 Å². The van der Waals surface area contributed by atoms with E-state index in [1.807, 2.05) is 0 Å². The van der Waals surface area contributed by atoms with Crippen molar-refractivity contribution in [1.82, 2.24) is 0 Å². The standard InChI is InChI=1S/H2N2O3.H2O/c1-5-2(3)4;/h1H2;1H2. The molecule has 6 heteroatoms. The number of hydrogen-bond acceptors (Lipinski definition) is 4. The van der Waals surface area contributed by atoms with Gasteiger partial charge in [0.15, 0.2) is 0 Å². The molecule has 0 aromatic rings. The minimum absolute atomic E-state index is 0. The average molecular weight is 96.0 g/mol. The highest BCUT2D eigenvalue weighted by Crippen LogP contribution is 1.52. The van der Waals surface area contributed by atoms with Crippen molar-refractivity contribution in [3.63, 3.8) is 0 Å². The van der Waals surface area contributed by atoms with Gasteiger partial charge in [0.1, 0.15) is 0 Å². The Balaban J connectivity index is 0. The van der Waals surface area contributed by atoms with Crippen molar-refractivity contribution in [1.29, 1.82) is 0 Å². The van der Waals surface area contributed by atoms with Crippen LogP contribution in [0.2, 0.25) is 0 Å². The van der Waals surface area contributed by atoms with Gasteiger partial charge in [-0.05, 0) is 0 Å². The summed E-state index contributed by atoms with van der Waals surface area (Å²) in [5.74, 6) is 3.97. The van der Waals surface area contributed by atoms with Crippen molar-refractivity contribution in [3.05, 3.63) is 10.1 Å². The largest absolute Gasteiger partial charge is 0.412 e. The fourth-order valence-corrected chi connectivity index (χ4v) is 0. The molecule has 0 rings (SSSR count). The highest BCUT2D eigenvalue weighted by Gasteiger charge is 1.78. The first-order valence-corrected chi connectivity index (χ1v) is 0.783. The van der Waals surface area contributed by atoms with Crippen molar-refractivity contribution in [2.24, 2.45) is 5.90 Å². The summed E-state index contributed by atoms with van der Waals surface area (Å²) in [5.41, 5.74) is 0. The van der Waals surface area contributed by atoms with Crippen LogP contribution < -0.4 is 5.90 Å². The van der Waals surface area contributed by atoms with Crippen LogP contribution in [-0.2, 0) is 4.94 Å². The third-order valence-electron chi connectivity index (χ3n) is 0.0861. The van der Waals surface area contributed by atoms with E-state index in [1.165, 1.54) is 0 Å². The van der Waals surface area contributed by atoms with Crippen LogP contribution in [0.1, 0.15) is 0 Å². The molecule has 0 heterocycles. The van der Waals surface area contributed by atoms with Gasteiger partial charge in [0.2, 0.25) is 0 Å². The van der Waals surface area contributed by atoms with Gasteiger partial charge in [-0.25, -0.2) is 4.94 Å². The lowest BCUT2D eigenvalue weighted by atomic mass is 13.0. The van der Waals surface area contributed by atoms with E-state index in [-0.39, 0.29) is 5.48 Å². The Morgan fingerprint density at radius 3 is 2.00 bits per heavy atom. The molecule has 0 unspecified atom stereocenters. The maximum atomic E-state index is 8.83. The van der Waals surface area contributed by atoms with Crippen LogP contribution in [0.3, 0.4) is 0 Å². The predicted octanol–water partition coefficient (Wildman–Crippen LogP) is -1.76. The first-order valence-electron chi connectivity index (χ1n) is 0.783. The quantitative estimate of drug-likeness (QED) is 0.308. The predicted molar refractivity (Wildman–Crippen MR) is 15.9 cm³/mol. The second-order valence-electron chi connectivity index (χ2n) is 0.329. The number of hydrogen-bond donors (Lipinski definition) is 1. The molecule has 0 spiro atoms. The Hall–Kier alpha value is -0.880. The minimum atomic E-state index is -1.10. The number of rotatable bonds is 1. The summed E-state index contributed by atoms with van der Waals surface area (Å²) in [6.45, 7) is 0. The molecular weight excluding hydrogens is 92.0 g/mol. The van der Waals surface area contributed by atoms with Crippen molar-refractivity contribution >= 4 is 0 Å². The molecule has 0 atom stereocenters. The van der Waals surface area contributed by atoms with E-state index in [9.17, 15) is 0 Å². The first kappa shape index (κ1) is 8.93. The molecule has 0 saturated heterocycles. The van der Waals surface area contributed by atoms with Crippen LogP contribution in [-0.4, -0.2) is 10.6 Å². The third-order valence-corrected chi connectivity index (χ3v) is 0.0861. The smallest absolute Gasteiger partial charge is 0.311 e. The monoisotopic (exact) mass is 96.0 g/mol. The molecule has 4 N–H and O–H groups in total. The van der Waals surface area contributed by atoms with Gasteiger partial charge in [0.05, 0.1) is 0 Å². The van der Waals surface area contributed by atoms with E-state index in [2.05, 4.69) is 10.8 Å². The second-order valence-corrected chi connectivity index (χ2v) is 0.329. The van der Waals surface area contributed by atoms with Crippen LogP contribution in [0.15, 0.2) is 0 Å². The third kappa shape index (κ3) is 11.2. The van der Waals surface area contributed by atoms with E-state index in [0.717, 1.165) is 0 Å². The molecule has 0 aliphatic heterocycles. The molecular formula is H4N2O4. The minimum Gasteiger partial charge on any atom is -0.412 e. The molecule has 0 aromatic carbocycles. The Kier molecular flexibility index (Phi) is 6.13. The molecule has 0 amide bonds. The van der Waals surface area contributed by atoms with Gasteiger partial charge in [0.25, 0.3) is 0 Å². The summed E-state index contributed by atoms with van der Waals surface area (Å²) in [7, 11) is 0. The summed E-state index contributed by atoms with van der Waals surface area (Å²) in [4.78, 5) is 11.8. The fraction of sp³-hybridized carbons (Fsp3) is 0. The molecule has 38 valence electrons. The van der Waals surface area contributed by atoms with E-state index < -0.39 is 5.09 Å². The molecule has 0 saturated carbocycles. The van der Waals surface area contributed by atoms with Gasteiger partial charge in [-0.3, -0.25) is 0 Å². The molecule has 0 aliphatic rings. The molecule has 0 radical (unpaired) electrons. The van der Waals surface area contributed by atoms with Gasteiger partial charge < -0.3 is 5.48 Å². The second kappa shape index (κ2) is 4.12. The van der Waals surface area contributed by atoms with E-state index in [1.54, 1.807) is 0 Å². The zero-order chi connectivity index (χ0) is 4.28. The highest BCUT2D eigenvalue weighted by atomic mass is 17.0. The summed E-state index contributed by atoms with van der Waals surface area (Å²) in [5, 5.41) is 7.73. The molecule has 0 bridgehead atoms. The zero-order valence-electron chi connectivity index (χ0n) is 2.75. The van der Waals surface area contributed by atoms with Crippen molar-refractivity contribution in [2.75, 3.05) is 0 Å².